The minimum Gasteiger partial charge on any atom is -0.326 e. The van der Waals surface area contributed by atoms with Gasteiger partial charge in [0.1, 0.15) is 0 Å². The van der Waals surface area contributed by atoms with Crippen molar-refractivity contribution < 1.29 is 9.59 Å². The molecule has 5 nitrogen and oxygen atoms in total. The van der Waals surface area contributed by atoms with Crippen LogP contribution in [0.5, 0.6) is 0 Å². The molecule has 0 aliphatic carbocycles. The second-order valence-corrected chi connectivity index (χ2v) is 6.63. The number of carbonyl (C=O) groups is 2. The number of hydrazone groups is 1. The molecule has 0 fully saturated rings. The van der Waals surface area contributed by atoms with Gasteiger partial charge in [0.05, 0.1) is 16.3 Å². The minimum atomic E-state index is -0.231. The number of halogens is 2. The van der Waals surface area contributed by atoms with Crippen LogP contribution in [0.15, 0.2) is 40.8 Å². The minimum absolute atomic E-state index is 0.191. The second kappa shape index (κ2) is 9.42. The molecule has 0 saturated heterocycles. The van der Waals surface area contributed by atoms with Crippen molar-refractivity contribution in [2.24, 2.45) is 5.10 Å². The number of amides is 2. The summed E-state index contributed by atoms with van der Waals surface area (Å²) < 4.78 is 0. The van der Waals surface area contributed by atoms with Crippen LogP contribution in [-0.4, -0.2) is 18.0 Å². The Labute approximate surface area is 153 Å². The molecule has 0 unspecified atom stereocenters. The van der Waals surface area contributed by atoms with E-state index in [1.54, 1.807) is 24.4 Å². The van der Waals surface area contributed by atoms with Crippen LogP contribution >= 0.6 is 34.5 Å². The average Bonchev–Trinajstić information content (AvgIpc) is 3.04. The average molecular weight is 384 g/mol. The van der Waals surface area contributed by atoms with Gasteiger partial charge in [-0.15, -0.1) is 11.3 Å². The van der Waals surface area contributed by atoms with E-state index in [2.05, 4.69) is 15.8 Å². The Kier molecular flexibility index (Phi) is 7.24. The van der Waals surface area contributed by atoms with Crippen molar-refractivity contribution in [3.05, 3.63) is 50.6 Å². The number of anilines is 1. The highest BCUT2D eigenvalue weighted by Crippen LogP contribution is 2.25. The maximum Gasteiger partial charge on any atom is 0.240 e. The Morgan fingerprint density at radius 2 is 1.92 bits per heavy atom. The molecular weight excluding hydrogens is 369 g/mol. The van der Waals surface area contributed by atoms with Gasteiger partial charge in [0.25, 0.3) is 0 Å². The van der Waals surface area contributed by atoms with Crippen LogP contribution in [0.4, 0.5) is 5.69 Å². The number of hydrogen-bond acceptors (Lipinski definition) is 4. The van der Waals surface area contributed by atoms with E-state index in [1.807, 2.05) is 17.5 Å². The van der Waals surface area contributed by atoms with Crippen molar-refractivity contribution in [3.63, 3.8) is 0 Å². The number of thiophene rings is 1. The van der Waals surface area contributed by atoms with Gasteiger partial charge in [0.15, 0.2) is 0 Å². The predicted molar refractivity (Wildman–Crippen MR) is 99.0 cm³/mol. The van der Waals surface area contributed by atoms with E-state index in [4.69, 9.17) is 23.2 Å². The first-order valence-electron chi connectivity index (χ1n) is 7.15. The molecule has 2 aromatic rings. The van der Waals surface area contributed by atoms with Crippen molar-refractivity contribution in [1.82, 2.24) is 5.43 Å². The summed E-state index contributed by atoms with van der Waals surface area (Å²) in [4.78, 5) is 24.4. The lowest BCUT2D eigenvalue weighted by Crippen LogP contribution is -2.18. The molecule has 2 amide bonds. The predicted octanol–water partition coefficient (Wildman–Crippen LogP) is 4.31. The SMILES string of the molecule is O=C(CCCC(=O)Nc1ccc(Cl)c(Cl)c1)N/N=C\c1cccs1. The van der Waals surface area contributed by atoms with Gasteiger partial charge >= 0.3 is 0 Å². The van der Waals surface area contributed by atoms with Crippen LogP contribution in [0.25, 0.3) is 0 Å². The molecule has 2 rings (SSSR count). The summed E-state index contributed by atoms with van der Waals surface area (Å²) >= 11 is 13.2. The first-order chi connectivity index (χ1) is 11.5. The summed E-state index contributed by atoms with van der Waals surface area (Å²) in [7, 11) is 0. The van der Waals surface area contributed by atoms with Crippen LogP contribution in [0.1, 0.15) is 24.1 Å². The lowest BCUT2D eigenvalue weighted by Gasteiger charge is -2.06. The molecule has 126 valence electrons. The zero-order chi connectivity index (χ0) is 17.4. The summed E-state index contributed by atoms with van der Waals surface area (Å²) in [5.41, 5.74) is 3.00. The molecule has 0 atom stereocenters. The molecule has 1 heterocycles. The first kappa shape index (κ1) is 18.4. The summed E-state index contributed by atoms with van der Waals surface area (Å²) in [5.74, 6) is -0.423. The molecule has 0 spiro atoms. The fraction of sp³-hybridized carbons (Fsp3) is 0.188. The third kappa shape index (κ3) is 6.31. The molecule has 0 saturated carbocycles. The number of nitrogens with one attached hydrogen (secondary N) is 2. The van der Waals surface area contributed by atoms with Gasteiger partial charge in [-0.05, 0) is 36.1 Å². The van der Waals surface area contributed by atoms with E-state index in [0.29, 0.717) is 22.2 Å². The number of benzene rings is 1. The third-order valence-corrected chi connectivity index (χ3v) is 4.48. The van der Waals surface area contributed by atoms with Gasteiger partial charge in [0, 0.05) is 23.4 Å². The molecule has 0 aliphatic rings. The van der Waals surface area contributed by atoms with Gasteiger partial charge in [-0.3, -0.25) is 9.59 Å². The first-order valence-corrected chi connectivity index (χ1v) is 8.78. The number of carbonyl (C=O) groups excluding carboxylic acids is 2. The zero-order valence-corrected chi connectivity index (χ0v) is 14.9. The Balaban J connectivity index is 1.66. The Bertz CT molecular complexity index is 733. The zero-order valence-electron chi connectivity index (χ0n) is 12.6. The lowest BCUT2D eigenvalue weighted by atomic mass is 10.2. The second-order valence-electron chi connectivity index (χ2n) is 4.84. The standard InChI is InChI=1S/C16H15Cl2N3O2S/c17-13-7-6-11(9-14(13)18)20-15(22)4-1-5-16(23)21-19-10-12-3-2-8-24-12/h2-3,6-10H,1,4-5H2,(H,20,22)(H,21,23)/b19-10-. The molecule has 2 N–H and O–H groups in total. The number of hydrogen-bond donors (Lipinski definition) is 2. The smallest absolute Gasteiger partial charge is 0.240 e. The summed E-state index contributed by atoms with van der Waals surface area (Å²) in [5, 5.41) is 9.28. The van der Waals surface area contributed by atoms with E-state index < -0.39 is 0 Å². The van der Waals surface area contributed by atoms with Crippen molar-refractivity contribution in [1.29, 1.82) is 0 Å². The van der Waals surface area contributed by atoms with E-state index in [9.17, 15) is 9.59 Å². The molecule has 1 aromatic carbocycles. The molecule has 24 heavy (non-hydrogen) atoms. The van der Waals surface area contributed by atoms with E-state index in [1.165, 1.54) is 11.3 Å². The van der Waals surface area contributed by atoms with Crippen LogP contribution in [-0.2, 0) is 9.59 Å². The van der Waals surface area contributed by atoms with Crippen molar-refractivity contribution in [3.8, 4) is 0 Å². The fourth-order valence-electron chi connectivity index (χ4n) is 1.80. The number of rotatable bonds is 7. The van der Waals surface area contributed by atoms with Crippen molar-refractivity contribution in [2.45, 2.75) is 19.3 Å². The van der Waals surface area contributed by atoms with Crippen molar-refractivity contribution in [2.75, 3.05) is 5.32 Å². The van der Waals surface area contributed by atoms with E-state index in [0.717, 1.165) is 4.88 Å². The van der Waals surface area contributed by atoms with Crippen LogP contribution in [0.2, 0.25) is 10.0 Å². The molecule has 0 radical (unpaired) electrons. The Morgan fingerprint density at radius 1 is 1.12 bits per heavy atom. The summed E-state index contributed by atoms with van der Waals surface area (Å²) in [6, 6.07) is 8.65. The Morgan fingerprint density at radius 3 is 2.62 bits per heavy atom. The maximum atomic E-state index is 11.8. The monoisotopic (exact) mass is 383 g/mol. The van der Waals surface area contributed by atoms with Crippen molar-refractivity contribution >= 4 is 58.3 Å². The third-order valence-electron chi connectivity index (χ3n) is 2.94. The Hall–Kier alpha value is -1.89. The van der Waals surface area contributed by atoms with Crippen LogP contribution in [0, 0.1) is 0 Å². The normalized spacial score (nSPS) is 10.8. The lowest BCUT2D eigenvalue weighted by molar-refractivity contribution is -0.121. The molecule has 0 aliphatic heterocycles. The molecule has 8 heteroatoms. The van der Waals surface area contributed by atoms with E-state index >= 15 is 0 Å². The molecular formula is C16H15Cl2N3O2S. The highest BCUT2D eigenvalue weighted by Gasteiger charge is 2.06. The highest BCUT2D eigenvalue weighted by atomic mass is 35.5. The summed E-state index contributed by atoms with van der Waals surface area (Å²) in [6.07, 6.45) is 2.45. The van der Waals surface area contributed by atoms with Crippen LogP contribution < -0.4 is 10.7 Å². The quantitative estimate of drug-likeness (QED) is 0.552. The topological polar surface area (TPSA) is 70.6 Å². The molecule has 0 bridgehead atoms. The van der Waals surface area contributed by atoms with Gasteiger partial charge < -0.3 is 5.32 Å². The molecule has 1 aromatic heterocycles. The van der Waals surface area contributed by atoms with Gasteiger partial charge in [0.2, 0.25) is 11.8 Å². The van der Waals surface area contributed by atoms with Gasteiger partial charge in [-0.2, -0.15) is 5.10 Å². The van der Waals surface area contributed by atoms with E-state index in [-0.39, 0.29) is 24.7 Å². The largest absolute Gasteiger partial charge is 0.326 e. The van der Waals surface area contributed by atoms with Crippen LogP contribution in [0.3, 0.4) is 0 Å². The fourth-order valence-corrected chi connectivity index (χ4v) is 2.68. The number of nitrogens with zero attached hydrogens (tertiary/aromatic N) is 1. The summed E-state index contributed by atoms with van der Waals surface area (Å²) in [6.45, 7) is 0. The maximum absolute atomic E-state index is 11.8. The highest BCUT2D eigenvalue weighted by molar-refractivity contribution is 7.11. The van der Waals surface area contributed by atoms with Gasteiger partial charge in [-0.1, -0.05) is 29.3 Å². The van der Waals surface area contributed by atoms with Gasteiger partial charge in [-0.25, -0.2) is 5.43 Å².